The molecule has 0 amide bonds. The molecule has 1 fully saturated rings. The molecule has 2 aromatic carbocycles. The minimum atomic E-state index is -0.322. The standard InChI is InChI=1S/C22H29FN4O2/c1-3-24-22(25-15-17-5-4-6-19(28)13-17)27-11-9-26(10-12-27)16-18-7-8-21(29-2)20(23)14-18/h4-8,13-14,28H,3,9-12,15-16H2,1-2H3,(H,24,25). The number of nitrogens with one attached hydrogen (secondary N) is 1. The van der Waals surface area contributed by atoms with Crippen molar-refractivity contribution in [2.45, 2.75) is 20.0 Å². The van der Waals surface area contributed by atoms with Gasteiger partial charge in [-0.05, 0) is 42.3 Å². The predicted octanol–water partition coefficient (Wildman–Crippen LogP) is 2.82. The molecule has 0 atom stereocenters. The highest BCUT2D eigenvalue weighted by molar-refractivity contribution is 5.80. The van der Waals surface area contributed by atoms with Gasteiger partial charge in [0, 0.05) is 39.3 Å². The molecule has 156 valence electrons. The summed E-state index contributed by atoms with van der Waals surface area (Å²) in [6, 6.07) is 12.3. The number of guanidine groups is 1. The average Bonchev–Trinajstić information content (AvgIpc) is 2.72. The summed E-state index contributed by atoms with van der Waals surface area (Å²) in [5.41, 5.74) is 1.92. The number of phenolic OH excluding ortho intramolecular Hbond substituents is 1. The lowest BCUT2D eigenvalue weighted by Gasteiger charge is -2.36. The highest BCUT2D eigenvalue weighted by Gasteiger charge is 2.20. The fourth-order valence-electron chi connectivity index (χ4n) is 3.43. The Hall–Kier alpha value is -2.80. The summed E-state index contributed by atoms with van der Waals surface area (Å²) >= 11 is 0. The van der Waals surface area contributed by atoms with Crippen LogP contribution in [-0.4, -0.2) is 60.7 Å². The van der Waals surface area contributed by atoms with Gasteiger partial charge in [-0.25, -0.2) is 9.38 Å². The van der Waals surface area contributed by atoms with Gasteiger partial charge in [0.25, 0.3) is 0 Å². The number of halogens is 1. The third-order valence-electron chi connectivity index (χ3n) is 4.95. The van der Waals surface area contributed by atoms with Crippen LogP contribution in [0.3, 0.4) is 0 Å². The molecule has 29 heavy (non-hydrogen) atoms. The van der Waals surface area contributed by atoms with Crippen LogP contribution < -0.4 is 10.1 Å². The van der Waals surface area contributed by atoms with E-state index in [1.807, 2.05) is 18.2 Å². The molecule has 3 rings (SSSR count). The van der Waals surface area contributed by atoms with Crippen LogP contribution in [0.5, 0.6) is 11.5 Å². The van der Waals surface area contributed by atoms with Crippen molar-refractivity contribution in [1.82, 2.24) is 15.1 Å². The van der Waals surface area contributed by atoms with E-state index in [1.54, 1.807) is 24.3 Å². The second-order valence-corrected chi connectivity index (χ2v) is 7.07. The molecular weight excluding hydrogens is 371 g/mol. The number of hydrogen-bond acceptors (Lipinski definition) is 4. The SMILES string of the molecule is CCNC(=NCc1cccc(O)c1)N1CCN(Cc2ccc(OC)c(F)c2)CC1. The van der Waals surface area contributed by atoms with Crippen molar-refractivity contribution in [2.75, 3.05) is 39.8 Å². The molecule has 1 heterocycles. The van der Waals surface area contributed by atoms with Gasteiger partial charge < -0.3 is 20.1 Å². The average molecular weight is 400 g/mol. The van der Waals surface area contributed by atoms with Crippen LogP contribution >= 0.6 is 0 Å². The number of phenols is 1. The number of aromatic hydroxyl groups is 1. The summed E-state index contributed by atoms with van der Waals surface area (Å²) in [6.07, 6.45) is 0. The van der Waals surface area contributed by atoms with Crippen LogP contribution in [0.1, 0.15) is 18.1 Å². The highest BCUT2D eigenvalue weighted by atomic mass is 19.1. The van der Waals surface area contributed by atoms with Crippen molar-refractivity contribution in [2.24, 2.45) is 4.99 Å². The van der Waals surface area contributed by atoms with E-state index in [9.17, 15) is 9.50 Å². The number of nitrogens with zero attached hydrogens (tertiary/aromatic N) is 3. The number of hydrogen-bond donors (Lipinski definition) is 2. The third-order valence-corrected chi connectivity index (χ3v) is 4.95. The smallest absolute Gasteiger partial charge is 0.194 e. The molecule has 1 aliphatic rings. The van der Waals surface area contributed by atoms with Gasteiger partial charge in [0.05, 0.1) is 13.7 Å². The van der Waals surface area contributed by atoms with Crippen LogP contribution in [0.2, 0.25) is 0 Å². The molecule has 0 aromatic heterocycles. The van der Waals surface area contributed by atoms with Crippen LogP contribution in [0.4, 0.5) is 4.39 Å². The molecule has 0 aliphatic carbocycles. The molecule has 0 bridgehead atoms. The fourth-order valence-corrected chi connectivity index (χ4v) is 3.43. The predicted molar refractivity (Wildman–Crippen MR) is 113 cm³/mol. The Morgan fingerprint density at radius 1 is 1.14 bits per heavy atom. The topological polar surface area (TPSA) is 60.3 Å². The molecule has 0 spiro atoms. The van der Waals surface area contributed by atoms with Gasteiger partial charge in [0.2, 0.25) is 0 Å². The Labute approximate surface area is 171 Å². The molecule has 0 unspecified atom stereocenters. The van der Waals surface area contributed by atoms with E-state index in [4.69, 9.17) is 9.73 Å². The number of methoxy groups -OCH3 is 1. The minimum absolute atomic E-state index is 0.256. The van der Waals surface area contributed by atoms with Gasteiger partial charge in [0.1, 0.15) is 5.75 Å². The summed E-state index contributed by atoms with van der Waals surface area (Å²) in [4.78, 5) is 9.29. The Morgan fingerprint density at radius 2 is 1.93 bits per heavy atom. The Balaban J connectivity index is 1.57. The van der Waals surface area contributed by atoms with Gasteiger partial charge in [-0.1, -0.05) is 18.2 Å². The number of benzene rings is 2. The first-order valence-electron chi connectivity index (χ1n) is 9.95. The Kier molecular flexibility index (Phi) is 7.30. The maximum Gasteiger partial charge on any atom is 0.194 e. The molecule has 2 N–H and O–H groups in total. The largest absolute Gasteiger partial charge is 0.508 e. The molecule has 0 saturated carbocycles. The van der Waals surface area contributed by atoms with Gasteiger partial charge in [-0.2, -0.15) is 0 Å². The lowest BCUT2D eigenvalue weighted by molar-refractivity contribution is 0.172. The number of aliphatic imine (C=N–C) groups is 1. The maximum atomic E-state index is 13.9. The van der Waals surface area contributed by atoms with Crippen molar-refractivity contribution in [3.05, 3.63) is 59.4 Å². The summed E-state index contributed by atoms with van der Waals surface area (Å²) in [6.45, 7) is 7.54. The summed E-state index contributed by atoms with van der Waals surface area (Å²) in [7, 11) is 1.47. The highest BCUT2D eigenvalue weighted by Crippen LogP contribution is 2.19. The first-order valence-corrected chi connectivity index (χ1v) is 9.95. The zero-order valence-electron chi connectivity index (χ0n) is 17.1. The summed E-state index contributed by atoms with van der Waals surface area (Å²) < 4.78 is 18.9. The molecule has 2 aromatic rings. The molecular formula is C22H29FN4O2. The van der Waals surface area contributed by atoms with Crippen molar-refractivity contribution in [3.8, 4) is 11.5 Å². The normalized spacial score (nSPS) is 15.4. The van der Waals surface area contributed by atoms with Crippen LogP contribution in [0.25, 0.3) is 0 Å². The Bertz CT molecular complexity index is 835. The van der Waals surface area contributed by atoms with Crippen LogP contribution in [-0.2, 0) is 13.1 Å². The third kappa shape index (κ3) is 5.84. The zero-order chi connectivity index (χ0) is 20.6. The van der Waals surface area contributed by atoms with E-state index in [0.717, 1.165) is 49.8 Å². The molecule has 1 saturated heterocycles. The second-order valence-electron chi connectivity index (χ2n) is 7.07. The van der Waals surface area contributed by atoms with Crippen LogP contribution in [0.15, 0.2) is 47.5 Å². The minimum Gasteiger partial charge on any atom is -0.508 e. The van der Waals surface area contributed by atoms with E-state index in [-0.39, 0.29) is 17.3 Å². The zero-order valence-corrected chi connectivity index (χ0v) is 17.1. The van der Waals surface area contributed by atoms with Gasteiger partial charge in [0.15, 0.2) is 17.5 Å². The second kappa shape index (κ2) is 10.1. The van der Waals surface area contributed by atoms with Gasteiger partial charge >= 0.3 is 0 Å². The van der Waals surface area contributed by atoms with E-state index in [0.29, 0.717) is 13.1 Å². The monoisotopic (exact) mass is 400 g/mol. The van der Waals surface area contributed by atoms with Crippen molar-refractivity contribution in [3.63, 3.8) is 0 Å². The Morgan fingerprint density at radius 3 is 2.59 bits per heavy atom. The molecule has 0 radical (unpaired) electrons. The lowest BCUT2D eigenvalue weighted by atomic mass is 10.2. The first-order chi connectivity index (χ1) is 14.1. The first kappa shape index (κ1) is 20.9. The van der Waals surface area contributed by atoms with E-state index in [1.165, 1.54) is 7.11 Å². The van der Waals surface area contributed by atoms with E-state index in [2.05, 4.69) is 22.0 Å². The molecule has 7 heteroatoms. The molecule has 1 aliphatic heterocycles. The van der Waals surface area contributed by atoms with Crippen molar-refractivity contribution < 1.29 is 14.2 Å². The van der Waals surface area contributed by atoms with Gasteiger partial charge in [-0.3, -0.25) is 4.90 Å². The van der Waals surface area contributed by atoms with Crippen LogP contribution in [0, 0.1) is 5.82 Å². The summed E-state index contributed by atoms with van der Waals surface area (Å²) in [5.74, 6) is 1.09. The number of ether oxygens (including phenoxy) is 1. The van der Waals surface area contributed by atoms with Gasteiger partial charge in [-0.15, -0.1) is 0 Å². The lowest BCUT2D eigenvalue weighted by Crippen LogP contribution is -2.52. The van der Waals surface area contributed by atoms with Crippen molar-refractivity contribution >= 4 is 5.96 Å². The number of piperazine rings is 1. The van der Waals surface area contributed by atoms with Crippen molar-refractivity contribution in [1.29, 1.82) is 0 Å². The van der Waals surface area contributed by atoms with E-state index < -0.39 is 0 Å². The molecule has 6 nitrogen and oxygen atoms in total. The maximum absolute atomic E-state index is 13.9. The fraction of sp³-hybridized carbons (Fsp3) is 0.409. The quantitative estimate of drug-likeness (QED) is 0.577. The summed E-state index contributed by atoms with van der Waals surface area (Å²) in [5, 5.41) is 13.0. The number of rotatable bonds is 6. The van der Waals surface area contributed by atoms with E-state index >= 15 is 0 Å².